The van der Waals surface area contributed by atoms with Crippen molar-refractivity contribution >= 4 is 29.1 Å². The number of carboxylic acids is 1. The summed E-state index contributed by atoms with van der Waals surface area (Å²) < 4.78 is 0. The number of likely N-dealkylation sites (N-methyl/N-ethyl adjacent to an activating group) is 1. The average Bonchev–Trinajstić information content (AvgIpc) is 3.06. The third kappa shape index (κ3) is 3.71. The molecule has 1 aromatic heterocycles. The van der Waals surface area contributed by atoms with Crippen LogP contribution < -0.4 is 0 Å². The highest BCUT2D eigenvalue weighted by molar-refractivity contribution is 7.10. The summed E-state index contributed by atoms with van der Waals surface area (Å²) in [5.74, 6) is -0.956. The first-order chi connectivity index (χ1) is 12.0. The maximum Gasteiger partial charge on any atom is 0.331 e. The molecule has 0 spiro atoms. The lowest BCUT2D eigenvalue weighted by atomic mass is 9.83. The Kier molecular flexibility index (Phi) is 5.42. The van der Waals surface area contributed by atoms with Gasteiger partial charge in [-0.1, -0.05) is 12.5 Å². The van der Waals surface area contributed by atoms with E-state index in [9.17, 15) is 19.5 Å². The summed E-state index contributed by atoms with van der Waals surface area (Å²) in [6, 6.07) is 2.59. The second-order valence-corrected chi connectivity index (χ2v) is 7.91. The van der Waals surface area contributed by atoms with Gasteiger partial charge in [0.2, 0.25) is 11.8 Å². The minimum atomic E-state index is -1.02. The summed E-state index contributed by atoms with van der Waals surface area (Å²) in [4.78, 5) is 40.6. The molecular formula is C18H24N2O4S. The summed E-state index contributed by atoms with van der Waals surface area (Å²) >= 11 is 1.34. The summed E-state index contributed by atoms with van der Waals surface area (Å²) in [6.07, 6.45) is 4.33. The van der Waals surface area contributed by atoms with Crippen molar-refractivity contribution in [2.24, 2.45) is 11.8 Å². The third-order valence-corrected chi connectivity index (χ3v) is 6.32. The van der Waals surface area contributed by atoms with Gasteiger partial charge in [0, 0.05) is 36.9 Å². The van der Waals surface area contributed by atoms with Gasteiger partial charge in [0.05, 0.1) is 0 Å². The van der Waals surface area contributed by atoms with E-state index in [0.717, 1.165) is 19.3 Å². The number of thiophene rings is 1. The molecule has 2 fully saturated rings. The predicted octanol–water partition coefficient (Wildman–Crippen LogP) is 2.37. The van der Waals surface area contributed by atoms with Crippen LogP contribution in [0.4, 0.5) is 0 Å². The van der Waals surface area contributed by atoms with Crippen molar-refractivity contribution < 1.29 is 19.5 Å². The Labute approximate surface area is 151 Å². The second kappa shape index (κ2) is 7.56. The molecule has 3 rings (SSSR count). The molecule has 0 aromatic carbocycles. The molecule has 2 amide bonds. The molecule has 7 heteroatoms. The Morgan fingerprint density at radius 2 is 1.88 bits per heavy atom. The van der Waals surface area contributed by atoms with Crippen LogP contribution in [0, 0.1) is 11.8 Å². The quantitative estimate of drug-likeness (QED) is 0.870. The molecule has 1 N–H and O–H groups in total. The smallest absolute Gasteiger partial charge is 0.331 e. The first kappa shape index (κ1) is 17.9. The second-order valence-electron chi connectivity index (χ2n) is 6.93. The van der Waals surface area contributed by atoms with Crippen molar-refractivity contribution in [2.75, 3.05) is 20.1 Å². The molecule has 2 heterocycles. The summed E-state index contributed by atoms with van der Waals surface area (Å²) in [7, 11) is 1.56. The summed E-state index contributed by atoms with van der Waals surface area (Å²) in [6.45, 7) is 1.19. The van der Waals surface area contributed by atoms with Crippen molar-refractivity contribution in [1.29, 1.82) is 0 Å². The maximum atomic E-state index is 12.8. The number of aliphatic carboxylic acids is 1. The average molecular weight is 364 g/mol. The van der Waals surface area contributed by atoms with Crippen LogP contribution in [0.5, 0.6) is 0 Å². The molecule has 25 heavy (non-hydrogen) atoms. The van der Waals surface area contributed by atoms with E-state index in [0.29, 0.717) is 30.8 Å². The monoisotopic (exact) mass is 364 g/mol. The number of hydrogen-bond acceptors (Lipinski definition) is 4. The van der Waals surface area contributed by atoms with Crippen molar-refractivity contribution in [3.8, 4) is 0 Å². The van der Waals surface area contributed by atoms with Crippen molar-refractivity contribution in [1.82, 2.24) is 9.80 Å². The SMILES string of the molecule is CN(C(=O)C1CCN(C(=O)C2CCC2)CC1)[C@@H](C(=O)O)c1cccs1. The van der Waals surface area contributed by atoms with Crippen LogP contribution in [0.3, 0.4) is 0 Å². The normalized spacial score (nSPS) is 20.0. The van der Waals surface area contributed by atoms with Gasteiger partial charge in [0.1, 0.15) is 0 Å². The highest BCUT2D eigenvalue weighted by Crippen LogP contribution is 2.31. The summed E-state index contributed by atoms with van der Waals surface area (Å²) in [5, 5.41) is 11.3. The van der Waals surface area contributed by atoms with E-state index in [1.54, 1.807) is 19.2 Å². The lowest BCUT2D eigenvalue weighted by Gasteiger charge is -2.37. The van der Waals surface area contributed by atoms with E-state index in [-0.39, 0.29) is 23.7 Å². The molecule has 0 bridgehead atoms. The Morgan fingerprint density at radius 1 is 1.20 bits per heavy atom. The fourth-order valence-corrected chi connectivity index (χ4v) is 4.46. The van der Waals surface area contributed by atoms with E-state index in [4.69, 9.17) is 0 Å². The van der Waals surface area contributed by atoms with E-state index in [2.05, 4.69) is 0 Å². The number of nitrogens with zero attached hydrogens (tertiary/aromatic N) is 2. The first-order valence-electron chi connectivity index (χ1n) is 8.80. The number of rotatable bonds is 5. The van der Waals surface area contributed by atoms with Crippen LogP contribution in [0.1, 0.15) is 43.0 Å². The minimum absolute atomic E-state index is 0.142. The van der Waals surface area contributed by atoms with Gasteiger partial charge in [-0.25, -0.2) is 4.79 Å². The first-order valence-corrected chi connectivity index (χ1v) is 9.68. The maximum absolute atomic E-state index is 12.8. The van der Waals surface area contributed by atoms with E-state index >= 15 is 0 Å². The Hall–Kier alpha value is -1.89. The van der Waals surface area contributed by atoms with Gasteiger partial charge < -0.3 is 14.9 Å². The standard InChI is InChI=1S/C18H24N2O4S/c1-19(15(18(23)24)14-6-3-11-25-14)16(21)13-7-9-20(10-8-13)17(22)12-4-2-5-12/h3,6,11-13,15H,2,4-5,7-10H2,1H3,(H,23,24)/t15-/m1/s1. The van der Waals surface area contributed by atoms with Gasteiger partial charge >= 0.3 is 5.97 Å². The van der Waals surface area contributed by atoms with Crippen LogP contribution in [0.15, 0.2) is 17.5 Å². The zero-order valence-electron chi connectivity index (χ0n) is 14.4. The van der Waals surface area contributed by atoms with E-state index < -0.39 is 12.0 Å². The molecule has 136 valence electrons. The highest BCUT2D eigenvalue weighted by Gasteiger charge is 2.37. The zero-order valence-corrected chi connectivity index (χ0v) is 15.2. The zero-order chi connectivity index (χ0) is 18.0. The van der Waals surface area contributed by atoms with Crippen molar-refractivity contribution in [3.05, 3.63) is 22.4 Å². The van der Waals surface area contributed by atoms with Gasteiger partial charge in [0.15, 0.2) is 6.04 Å². The fourth-order valence-electron chi connectivity index (χ4n) is 3.60. The number of carbonyl (C=O) groups excluding carboxylic acids is 2. The van der Waals surface area contributed by atoms with Crippen molar-refractivity contribution in [2.45, 2.75) is 38.1 Å². The summed E-state index contributed by atoms with van der Waals surface area (Å²) in [5.41, 5.74) is 0. The number of likely N-dealkylation sites (tertiary alicyclic amines) is 1. The number of amides is 2. The lowest BCUT2D eigenvalue weighted by molar-refractivity contribution is -0.152. The molecule has 1 aliphatic heterocycles. The van der Waals surface area contributed by atoms with E-state index in [1.165, 1.54) is 16.2 Å². The molecular weight excluding hydrogens is 340 g/mol. The number of piperidine rings is 1. The van der Waals surface area contributed by atoms with Crippen molar-refractivity contribution in [3.63, 3.8) is 0 Å². The fraction of sp³-hybridized carbons (Fsp3) is 0.611. The Bertz CT molecular complexity index is 634. The van der Waals surface area contributed by atoms with Gasteiger partial charge in [-0.05, 0) is 37.1 Å². The number of carbonyl (C=O) groups is 3. The molecule has 1 saturated carbocycles. The Balaban J connectivity index is 1.59. The number of carboxylic acid groups (broad SMARTS) is 1. The molecule has 1 atom stereocenters. The van der Waals surface area contributed by atoms with Gasteiger partial charge in [-0.15, -0.1) is 11.3 Å². The van der Waals surface area contributed by atoms with Gasteiger partial charge in [-0.3, -0.25) is 9.59 Å². The molecule has 1 aliphatic carbocycles. The molecule has 1 aromatic rings. The molecule has 0 radical (unpaired) electrons. The lowest BCUT2D eigenvalue weighted by Crippen LogP contribution is -2.47. The molecule has 0 unspecified atom stereocenters. The predicted molar refractivity (Wildman–Crippen MR) is 94.1 cm³/mol. The van der Waals surface area contributed by atoms with Crippen LogP contribution in [0.2, 0.25) is 0 Å². The van der Waals surface area contributed by atoms with Gasteiger partial charge in [0.25, 0.3) is 0 Å². The van der Waals surface area contributed by atoms with Crippen LogP contribution in [-0.4, -0.2) is 52.8 Å². The molecule has 6 nitrogen and oxygen atoms in total. The largest absolute Gasteiger partial charge is 0.479 e. The van der Waals surface area contributed by atoms with Gasteiger partial charge in [-0.2, -0.15) is 0 Å². The van der Waals surface area contributed by atoms with Crippen LogP contribution in [-0.2, 0) is 14.4 Å². The molecule has 1 saturated heterocycles. The van der Waals surface area contributed by atoms with E-state index in [1.807, 2.05) is 10.3 Å². The highest BCUT2D eigenvalue weighted by atomic mass is 32.1. The number of hydrogen-bond donors (Lipinski definition) is 1. The van der Waals surface area contributed by atoms with Crippen LogP contribution >= 0.6 is 11.3 Å². The topological polar surface area (TPSA) is 77.9 Å². The minimum Gasteiger partial charge on any atom is -0.479 e. The Morgan fingerprint density at radius 3 is 2.36 bits per heavy atom. The third-order valence-electron chi connectivity index (χ3n) is 5.39. The van der Waals surface area contributed by atoms with Crippen LogP contribution in [0.25, 0.3) is 0 Å². The molecule has 2 aliphatic rings.